The maximum atomic E-state index is 10.8. The number of carbonyl (C=O) groups is 1. The predicted octanol–water partition coefficient (Wildman–Crippen LogP) is 0.554. The first-order valence-corrected chi connectivity index (χ1v) is 5.12. The minimum atomic E-state index is -1.52. The zero-order valence-corrected chi connectivity index (χ0v) is 8.86. The first kappa shape index (κ1) is 11.5. The molecule has 1 atom stereocenters. The van der Waals surface area contributed by atoms with Gasteiger partial charge in [0.25, 0.3) is 0 Å². The fraction of sp³-hybridized carbons (Fsp3) is 0.900. The van der Waals surface area contributed by atoms with Gasteiger partial charge in [0.05, 0.1) is 0 Å². The number of nitrogens with zero attached hydrogens (tertiary/aromatic N) is 1. The number of aliphatic hydroxyl groups is 1. The van der Waals surface area contributed by atoms with E-state index >= 15 is 0 Å². The highest BCUT2D eigenvalue weighted by molar-refractivity contribution is 5.77. The Morgan fingerprint density at radius 1 is 1.57 bits per heavy atom. The van der Waals surface area contributed by atoms with Crippen LogP contribution in [0.25, 0.3) is 0 Å². The Morgan fingerprint density at radius 3 is 2.71 bits per heavy atom. The zero-order chi connectivity index (χ0) is 10.8. The number of aliphatic carboxylic acids is 1. The minimum absolute atomic E-state index is 0.264. The third kappa shape index (κ3) is 2.69. The van der Waals surface area contributed by atoms with Crippen molar-refractivity contribution >= 4 is 5.97 Å². The Hall–Kier alpha value is -0.610. The van der Waals surface area contributed by atoms with E-state index in [4.69, 9.17) is 5.11 Å². The van der Waals surface area contributed by atoms with E-state index in [0.29, 0.717) is 12.3 Å². The average molecular weight is 201 g/mol. The van der Waals surface area contributed by atoms with Gasteiger partial charge in [-0.1, -0.05) is 13.8 Å². The topological polar surface area (TPSA) is 60.8 Å². The molecule has 0 bridgehead atoms. The van der Waals surface area contributed by atoms with E-state index in [1.165, 1.54) is 0 Å². The van der Waals surface area contributed by atoms with E-state index in [9.17, 15) is 9.90 Å². The largest absolute Gasteiger partial charge is 0.479 e. The Morgan fingerprint density at radius 2 is 2.21 bits per heavy atom. The summed E-state index contributed by atoms with van der Waals surface area (Å²) in [6.45, 7) is 6.20. The lowest BCUT2D eigenvalue weighted by Gasteiger charge is -2.37. The lowest BCUT2D eigenvalue weighted by molar-refractivity contribution is -0.164. The van der Waals surface area contributed by atoms with Gasteiger partial charge in [0.15, 0.2) is 5.60 Å². The first-order valence-electron chi connectivity index (χ1n) is 5.12. The Labute approximate surface area is 84.5 Å². The zero-order valence-electron chi connectivity index (χ0n) is 8.86. The molecule has 4 nitrogen and oxygen atoms in total. The van der Waals surface area contributed by atoms with Crippen LogP contribution in [0.4, 0.5) is 0 Å². The van der Waals surface area contributed by atoms with Gasteiger partial charge >= 0.3 is 5.97 Å². The number of carboxylic acids is 1. The smallest absolute Gasteiger partial charge is 0.337 e. The number of likely N-dealkylation sites (tertiary alicyclic amines) is 1. The third-order valence-electron chi connectivity index (χ3n) is 2.57. The van der Waals surface area contributed by atoms with Gasteiger partial charge in [-0.3, -0.25) is 4.90 Å². The van der Waals surface area contributed by atoms with E-state index in [2.05, 4.69) is 13.8 Å². The van der Waals surface area contributed by atoms with Crippen LogP contribution >= 0.6 is 0 Å². The van der Waals surface area contributed by atoms with Crippen LogP contribution in [0.3, 0.4) is 0 Å². The number of piperidine rings is 1. The second-order valence-corrected chi connectivity index (χ2v) is 4.57. The summed E-state index contributed by atoms with van der Waals surface area (Å²) in [5, 5.41) is 18.7. The molecule has 0 aromatic carbocycles. The van der Waals surface area contributed by atoms with Crippen LogP contribution in [0.15, 0.2) is 0 Å². The van der Waals surface area contributed by atoms with Crippen molar-refractivity contribution < 1.29 is 15.0 Å². The Balaban J connectivity index is 2.55. The van der Waals surface area contributed by atoms with Crippen LogP contribution in [0, 0.1) is 5.92 Å². The quantitative estimate of drug-likeness (QED) is 0.700. The molecule has 1 unspecified atom stereocenters. The van der Waals surface area contributed by atoms with Crippen LogP contribution in [0.5, 0.6) is 0 Å². The van der Waals surface area contributed by atoms with Crippen LogP contribution in [-0.4, -0.2) is 46.3 Å². The number of hydrogen-bond acceptors (Lipinski definition) is 3. The van der Waals surface area contributed by atoms with Gasteiger partial charge in [-0.25, -0.2) is 4.79 Å². The summed E-state index contributed by atoms with van der Waals surface area (Å²) in [5.41, 5.74) is -1.52. The molecule has 1 saturated heterocycles. The van der Waals surface area contributed by atoms with E-state index in [0.717, 1.165) is 19.5 Å². The average Bonchev–Trinajstić information content (AvgIpc) is 2.02. The summed E-state index contributed by atoms with van der Waals surface area (Å²) >= 11 is 0. The van der Waals surface area contributed by atoms with Gasteiger partial charge < -0.3 is 10.2 Å². The number of rotatable bonds is 3. The van der Waals surface area contributed by atoms with Crippen molar-refractivity contribution in [3.63, 3.8) is 0 Å². The molecule has 1 fully saturated rings. The molecule has 0 aromatic rings. The second-order valence-electron chi connectivity index (χ2n) is 4.57. The van der Waals surface area contributed by atoms with Gasteiger partial charge in [0.2, 0.25) is 0 Å². The Kier molecular flexibility index (Phi) is 3.50. The molecule has 0 aliphatic carbocycles. The van der Waals surface area contributed by atoms with Gasteiger partial charge in [-0.2, -0.15) is 0 Å². The maximum absolute atomic E-state index is 10.8. The monoisotopic (exact) mass is 201 g/mol. The molecule has 0 radical (unpaired) electrons. The summed E-state index contributed by atoms with van der Waals surface area (Å²) in [6, 6.07) is 0. The number of β-amino-alcohol motifs (C(OH)–C–C–N with tert-alkyl or cyclic N) is 1. The lowest BCUT2D eigenvalue weighted by Crippen LogP contribution is -2.53. The first-order chi connectivity index (χ1) is 6.44. The summed E-state index contributed by atoms with van der Waals surface area (Å²) in [4.78, 5) is 12.9. The van der Waals surface area contributed by atoms with Crippen molar-refractivity contribution in [3.8, 4) is 0 Å². The molecule has 0 aromatic heterocycles. The van der Waals surface area contributed by atoms with Crippen LogP contribution in [0.2, 0.25) is 0 Å². The highest BCUT2D eigenvalue weighted by Gasteiger charge is 2.40. The molecule has 82 valence electrons. The van der Waals surface area contributed by atoms with Crippen LogP contribution in [-0.2, 0) is 4.79 Å². The molecule has 0 amide bonds. The molecule has 1 heterocycles. The van der Waals surface area contributed by atoms with Crippen molar-refractivity contribution in [2.75, 3.05) is 19.6 Å². The number of hydrogen-bond donors (Lipinski definition) is 2. The SMILES string of the molecule is CC(C)CN1CCCC(O)(C(=O)O)C1. The van der Waals surface area contributed by atoms with Crippen molar-refractivity contribution in [1.82, 2.24) is 4.90 Å². The predicted molar refractivity (Wildman–Crippen MR) is 53.1 cm³/mol. The normalized spacial score (nSPS) is 29.4. The third-order valence-corrected chi connectivity index (χ3v) is 2.57. The molecule has 0 spiro atoms. The standard InChI is InChI=1S/C10H19NO3/c1-8(2)6-11-5-3-4-10(14,7-11)9(12)13/h8,14H,3-7H2,1-2H3,(H,12,13). The van der Waals surface area contributed by atoms with Crippen molar-refractivity contribution in [1.29, 1.82) is 0 Å². The molecule has 4 heteroatoms. The number of carboxylic acid groups (broad SMARTS) is 1. The van der Waals surface area contributed by atoms with Gasteiger partial charge in [0.1, 0.15) is 0 Å². The molecule has 0 saturated carbocycles. The highest BCUT2D eigenvalue weighted by atomic mass is 16.4. The molecule has 2 N–H and O–H groups in total. The lowest BCUT2D eigenvalue weighted by atomic mass is 9.92. The molecule has 1 aliphatic rings. The second kappa shape index (κ2) is 4.28. The van der Waals surface area contributed by atoms with Crippen molar-refractivity contribution in [2.24, 2.45) is 5.92 Å². The van der Waals surface area contributed by atoms with Crippen LogP contribution in [0.1, 0.15) is 26.7 Å². The van der Waals surface area contributed by atoms with Gasteiger partial charge in [0, 0.05) is 13.1 Å². The van der Waals surface area contributed by atoms with E-state index in [1.807, 2.05) is 4.90 Å². The van der Waals surface area contributed by atoms with Gasteiger partial charge in [-0.15, -0.1) is 0 Å². The summed E-state index contributed by atoms with van der Waals surface area (Å²) in [5.74, 6) is -0.586. The summed E-state index contributed by atoms with van der Waals surface area (Å²) in [7, 11) is 0. The van der Waals surface area contributed by atoms with E-state index < -0.39 is 11.6 Å². The molecular weight excluding hydrogens is 182 g/mol. The van der Waals surface area contributed by atoms with Crippen LogP contribution < -0.4 is 0 Å². The van der Waals surface area contributed by atoms with E-state index in [1.54, 1.807) is 0 Å². The van der Waals surface area contributed by atoms with Crippen molar-refractivity contribution in [2.45, 2.75) is 32.3 Å². The fourth-order valence-electron chi connectivity index (χ4n) is 1.97. The minimum Gasteiger partial charge on any atom is -0.479 e. The molecule has 1 rings (SSSR count). The van der Waals surface area contributed by atoms with Crippen molar-refractivity contribution in [3.05, 3.63) is 0 Å². The van der Waals surface area contributed by atoms with Gasteiger partial charge in [-0.05, 0) is 25.3 Å². The Bertz CT molecular complexity index is 217. The fourth-order valence-corrected chi connectivity index (χ4v) is 1.97. The van der Waals surface area contributed by atoms with E-state index in [-0.39, 0.29) is 6.54 Å². The summed E-state index contributed by atoms with van der Waals surface area (Å²) < 4.78 is 0. The molecule has 14 heavy (non-hydrogen) atoms. The maximum Gasteiger partial charge on any atom is 0.337 e. The molecular formula is C10H19NO3. The summed E-state index contributed by atoms with van der Waals surface area (Å²) in [6.07, 6.45) is 1.13. The molecule has 1 aliphatic heterocycles. The highest BCUT2D eigenvalue weighted by Crippen LogP contribution is 2.21.